The number of anilines is 1. The molecule has 0 radical (unpaired) electrons. The van der Waals surface area contributed by atoms with Crippen molar-refractivity contribution in [3.05, 3.63) is 46.2 Å². The Morgan fingerprint density at radius 3 is 2.23 bits per heavy atom. The molecule has 2 aromatic rings. The maximum absolute atomic E-state index is 15.2. The summed E-state index contributed by atoms with van der Waals surface area (Å²) >= 11 is 14.8. The van der Waals surface area contributed by atoms with Gasteiger partial charge in [-0.3, -0.25) is 24.3 Å². The lowest BCUT2D eigenvalue weighted by atomic mass is 9.70. The zero-order valence-electron chi connectivity index (χ0n) is 44.0. The van der Waals surface area contributed by atoms with Crippen LogP contribution in [0.1, 0.15) is 106 Å². The van der Waals surface area contributed by atoms with Crippen molar-refractivity contribution in [2.24, 2.45) is 29.6 Å². The number of aromatic nitrogens is 1. The van der Waals surface area contributed by atoms with Gasteiger partial charge in [0.05, 0.1) is 65.2 Å². The molecule has 0 bridgehead atoms. The molecule has 6 rings (SSSR count). The molecule has 1 aromatic carbocycles. The highest BCUT2D eigenvalue weighted by atomic mass is 35.5. The molecule has 1 N–H and O–H groups in total. The van der Waals surface area contributed by atoms with Crippen molar-refractivity contribution >= 4 is 58.4 Å². The summed E-state index contributed by atoms with van der Waals surface area (Å²) in [6.07, 6.45) is 4.12. The van der Waals surface area contributed by atoms with Crippen LogP contribution in [-0.2, 0) is 49.3 Å². The Morgan fingerprint density at radius 1 is 0.944 bits per heavy atom. The van der Waals surface area contributed by atoms with Crippen LogP contribution in [0.2, 0.25) is 10.0 Å². The largest absolute Gasteiger partial charge is 0.493 e. The third kappa shape index (κ3) is 12.6. The fourth-order valence-corrected chi connectivity index (χ4v) is 13.6. The second-order valence-electron chi connectivity index (χ2n) is 20.9. The lowest BCUT2D eigenvalue weighted by Gasteiger charge is -2.49. The second kappa shape index (κ2) is 24.6. The van der Waals surface area contributed by atoms with E-state index in [-0.39, 0.29) is 43.0 Å². The number of fused-ring (bicyclic) bond motifs is 1. The Morgan fingerprint density at radius 2 is 1.62 bits per heavy atom. The zero-order chi connectivity index (χ0) is 52.1. The Hall–Kier alpha value is -2.93. The smallest absolute Gasteiger partial charge is 0.320 e. The van der Waals surface area contributed by atoms with Gasteiger partial charge < -0.3 is 47.9 Å². The number of nitrogens with zero attached hydrogens (tertiary/aromatic N) is 3. The number of hydrogen-bond acceptors (Lipinski definition) is 16. The minimum Gasteiger partial charge on any atom is -0.493 e. The number of aliphatic hydroxyl groups is 1. The predicted octanol–water partition coefficient (Wildman–Crippen LogP) is 8.83. The molecule has 4 aliphatic rings. The number of halogens is 2. The van der Waals surface area contributed by atoms with E-state index >= 15 is 4.79 Å². The van der Waals surface area contributed by atoms with Gasteiger partial charge in [-0.1, -0.05) is 50.9 Å². The van der Waals surface area contributed by atoms with Crippen molar-refractivity contribution in [2.75, 3.05) is 52.6 Å². The number of methoxy groups -OCH3 is 3. The SMILES string of the molecule is CC[C@H]1OC(=O)[C@H](C)[C@@H](O)[C@H](C)[C@@H](O[C@@H]2O[C@H](C)C[C@@H](OC)[C@@H]2N(C)C)[C@](C)(OC)C[C@@H](C)C(=O)[C@H](C)[C@H]2[C@H](SCCN(Cc3c(Cl)cncc3Cl)c3ccc(OC)c(OC4CCCC4)c3)C(=O)O[C@@]21C. The van der Waals surface area contributed by atoms with Crippen LogP contribution < -0.4 is 14.4 Å². The highest BCUT2D eigenvalue weighted by molar-refractivity contribution is 8.00. The fraction of sp³-hybridized carbons (Fsp3) is 0.736. The van der Waals surface area contributed by atoms with Crippen molar-refractivity contribution in [3.8, 4) is 11.5 Å². The van der Waals surface area contributed by atoms with Gasteiger partial charge >= 0.3 is 11.9 Å². The number of esters is 2. The molecule has 3 saturated heterocycles. The highest BCUT2D eigenvalue weighted by Gasteiger charge is 2.61. The molecule has 1 saturated carbocycles. The molecule has 398 valence electrons. The number of benzene rings is 1. The lowest BCUT2D eigenvalue weighted by molar-refractivity contribution is -0.296. The maximum Gasteiger partial charge on any atom is 0.320 e. The highest BCUT2D eigenvalue weighted by Crippen LogP contribution is 2.49. The van der Waals surface area contributed by atoms with Gasteiger partial charge in [-0.15, -0.1) is 11.8 Å². The number of rotatable bonds is 16. The minimum absolute atomic E-state index is 0.0864. The standard InChI is InChI=1S/C53H79Cl2N3O12S/c1-14-42-53(8)43(47(50(62)70-53)71-22-21-58(28-36-37(54)26-56-27-38(36)55)34-19-20-39(63-11)40(24-34)67-35-17-15-16-18-35)31(4)45(59)29(2)25-52(7,65-13)48(32(5)46(60)33(6)49(61)68-42)69-51-44(57(9)10)41(64-12)23-30(3)66-51/h19-20,24,26-27,29-33,35,41-44,46-48,51,60H,14-18,21-23,25,28H2,1-13H3/t29-,30-,31-,32+,33-,41-,42-,43+,44+,46+,47+,48-,51+,52-,53-/m1/s1. The average Bonchev–Trinajstić information content (AvgIpc) is 3.95. The molecule has 0 spiro atoms. The molecule has 1 aliphatic carbocycles. The van der Waals surface area contributed by atoms with E-state index in [0.29, 0.717) is 52.4 Å². The molecular weight excluding hydrogens is 974 g/mol. The van der Waals surface area contributed by atoms with Crippen LogP contribution in [-0.4, -0.2) is 146 Å². The molecule has 15 nitrogen and oxygen atoms in total. The van der Waals surface area contributed by atoms with Crippen LogP contribution in [0, 0.1) is 29.6 Å². The van der Waals surface area contributed by atoms with Crippen LogP contribution in [0.15, 0.2) is 30.6 Å². The number of pyridine rings is 1. The number of ether oxygens (including phenoxy) is 8. The van der Waals surface area contributed by atoms with Crippen molar-refractivity contribution in [1.82, 2.24) is 9.88 Å². The molecule has 4 fully saturated rings. The monoisotopic (exact) mass is 1050 g/mol. The number of carbonyl (C=O) groups excluding carboxylic acids is 3. The molecule has 4 heterocycles. The van der Waals surface area contributed by atoms with Gasteiger partial charge in [0.1, 0.15) is 17.1 Å². The first-order valence-corrected chi connectivity index (χ1v) is 27.1. The van der Waals surface area contributed by atoms with E-state index < -0.39 is 82.6 Å². The molecule has 71 heavy (non-hydrogen) atoms. The van der Waals surface area contributed by atoms with Gasteiger partial charge in [0, 0.05) is 92.9 Å². The Kier molecular flexibility index (Phi) is 19.9. The van der Waals surface area contributed by atoms with Gasteiger partial charge in [0.2, 0.25) is 0 Å². The third-order valence-corrected chi connectivity index (χ3v) is 17.7. The number of carbonyl (C=O) groups is 3. The fourth-order valence-electron chi connectivity index (χ4n) is 11.7. The summed E-state index contributed by atoms with van der Waals surface area (Å²) in [6, 6.07) is 5.48. The maximum atomic E-state index is 15.2. The van der Waals surface area contributed by atoms with Crippen molar-refractivity contribution in [1.29, 1.82) is 0 Å². The summed E-state index contributed by atoms with van der Waals surface area (Å²) in [4.78, 5) is 52.3. The first kappa shape index (κ1) is 57.4. The van der Waals surface area contributed by atoms with E-state index in [0.717, 1.165) is 31.4 Å². The molecule has 3 aliphatic heterocycles. The van der Waals surface area contributed by atoms with Gasteiger partial charge in [-0.2, -0.15) is 0 Å². The quantitative estimate of drug-likeness (QED) is 0.158. The number of ketones is 1. The van der Waals surface area contributed by atoms with Crippen LogP contribution in [0.25, 0.3) is 0 Å². The lowest BCUT2D eigenvalue weighted by Crippen LogP contribution is -2.61. The van der Waals surface area contributed by atoms with Gasteiger partial charge in [0.15, 0.2) is 23.4 Å². The summed E-state index contributed by atoms with van der Waals surface area (Å²) in [5.74, 6) is -3.48. The first-order chi connectivity index (χ1) is 33.6. The molecule has 18 heteroatoms. The Labute approximate surface area is 435 Å². The minimum atomic E-state index is -1.40. The average molecular weight is 1050 g/mol. The summed E-state index contributed by atoms with van der Waals surface area (Å²) in [6.45, 7) is 15.3. The van der Waals surface area contributed by atoms with E-state index in [4.69, 9.17) is 61.1 Å². The summed E-state index contributed by atoms with van der Waals surface area (Å²) < 4.78 is 50.8. The molecule has 1 aromatic heterocycles. The van der Waals surface area contributed by atoms with Crippen LogP contribution in [0.5, 0.6) is 11.5 Å². The molecule has 0 unspecified atom stereocenters. The second-order valence-corrected chi connectivity index (χ2v) is 23.0. The van der Waals surface area contributed by atoms with Crippen LogP contribution in [0.4, 0.5) is 5.69 Å². The van der Waals surface area contributed by atoms with Crippen LogP contribution in [0.3, 0.4) is 0 Å². The Bertz CT molecular complexity index is 2120. The summed E-state index contributed by atoms with van der Waals surface area (Å²) in [7, 11) is 8.72. The van der Waals surface area contributed by atoms with Crippen molar-refractivity contribution in [3.63, 3.8) is 0 Å². The summed E-state index contributed by atoms with van der Waals surface area (Å²) in [5, 5.41) is 12.2. The van der Waals surface area contributed by atoms with Gasteiger partial charge in [0.25, 0.3) is 0 Å². The number of likely N-dealkylation sites (N-methyl/N-ethyl adjacent to an activating group) is 1. The number of cyclic esters (lactones) is 1. The van der Waals surface area contributed by atoms with E-state index in [1.807, 2.05) is 78.7 Å². The normalized spacial score (nSPS) is 35.5. The zero-order valence-corrected chi connectivity index (χ0v) is 46.3. The molecule has 15 atom stereocenters. The van der Waals surface area contributed by atoms with E-state index in [9.17, 15) is 14.7 Å². The number of aliphatic hydroxyl groups excluding tert-OH is 1. The van der Waals surface area contributed by atoms with E-state index in [2.05, 4.69) is 9.88 Å². The third-order valence-electron chi connectivity index (χ3n) is 15.8. The first-order valence-electron chi connectivity index (χ1n) is 25.3. The predicted molar refractivity (Wildman–Crippen MR) is 275 cm³/mol. The molecule has 0 amide bonds. The van der Waals surface area contributed by atoms with Gasteiger partial charge in [-0.05, 0) is 92.4 Å². The van der Waals surface area contributed by atoms with E-state index in [1.54, 1.807) is 47.6 Å². The van der Waals surface area contributed by atoms with E-state index in [1.165, 1.54) is 11.8 Å². The topological polar surface area (TPSA) is 165 Å². The van der Waals surface area contributed by atoms with Crippen molar-refractivity contribution in [2.45, 2.75) is 172 Å². The molecular formula is C53H79Cl2N3O12S. The number of Topliss-reactive ketones (excluding diaryl/α,β-unsaturated/α-hetero) is 1. The summed E-state index contributed by atoms with van der Waals surface area (Å²) in [5.41, 5.74) is -1.08. The number of hydrogen-bond donors (Lipinski definition) is 1. The van der Waals surface area contributed by atoms with Gasteiger partial charge in [-0.25, -0.2) is 0 Å². The number of thioether (sulfide) groups is 1. The van der Waals surface area contributed by atoms with Crippen LogP contribution >= 0.6 is 35.0 Å². The Balaban J connectivity index is 1.34. The van der Waals surface area contributed by atoms with Crippen molar-refractivity contribution < 1.29 is 57.4 Å².